The van der Waals surface area contributed by atoms with Crippen molar-refractivity contribution in [1.82, 2.24) is 0 Å². The first-order valence-corrected chi connectivity index (χ1v) is 8.42. The zero-order chi connectivity index (χ0) is 18.0. The highest BCUT2D eigenvalue weighted by Gasteiger charge is 2.16. The third-order valence-corrected chi connectivity index (χ3v) is 4.23. The number of benzene rings is 2. The van der Waals surface area contributed by atoms with Crippen LogP contribution in [0.3, 0.4) is 0 Å². The van der Waals surface area contributed by atoms with Crippen LogP contribution in [0.15, 0.2) is 36.4 Å². The molecule has 0 unspecified atom stereocenters. The lowest BCUT2D eigenvalue weighted by molar-refractivity contribution is -0.118. The lowest BCUT2D eigenvalue weighted by Crippen LogP contribution is -2.18. The fourth-order valence-electron chi connectivity index (χ4n) is 2.64. The summed E-state index contributed by atoms with van der Waals surface area (Å²) < 4.78 is 5.47. The van der Waals surface area contributed by atoms with Gasteiger partial charge in [-0.15, -0.1) is 0 Å². The van der Waals surface area contributed by atoms with Crippen molar-refractivity contribution in [2.24, 2.45) is 5.92 Å². The van der Waals surface area contributed by atoms with Gasteiger partial charge in [-0.1, -0.05) is 19.9 Å². The van der Waals surface area contributed by atoms with E-state index in [-0.39, 0.29) is 17.7 Å². The topological polar surface area (TPSA) is 67.4 Å². The lowest BCUT2D eigenvalue weighted by atomic mass is 10.1. The second-order valence-corrected chi connectivity index (χ2v) is 6.55. The van der Waals surface area contributed by atoms with Gasteiger partial charge >= 0.3 is 0 Å². The average molecular weight is 338 g/mol. The molecule has 2 N–H and O–H groups in total. The van der Waals surface area contributed by atoms with Crippen molar-refractivity contribution in [3.63, 3.8) is 0 Å². The molecule has 0 fully saturated rings. The highest BCUT2D eigenvalue weighted by Crippen LogP contribution is 2.27. The van der Waals surface area contributed by atoms with E-state index in [1.54, 1.807) is 12.1 Å². The predicted octanol–water partition coefficient (Wildman–Crippen LogP) is 3.78. The maximum Gasteiger partial charge on any atom is 0.255 e. The van der Waals surface area contributed by atoms with E-state index >= 15 is 0 Å². The number of ether oxygens (including phenoxy) is 1. The number of fused-ring (bicyclic) bond motifs is 1. The van der Waals surface area contributed by atoms with Crippen LogP contribution < -0.4 is 15.4 Å². The molecule has 0 radical (unpaired) electrons. The van der Waals surface area contributed by atoms with Crippen LogP contribution in [0.2, 0.25) is 0 Å². The number of amides is 2. The molecule has 0 saturated carbocycles. The zero-order valence-corrected chi connectivity index (χ0v) is 14.7. The minimum absolute atomic E-state index is 0.0558. The Balaban J connectivity index is 1.77. The van der Waals surface area contributed by atoms with Gasteiger partial charge in [0.15, 0.2) is 0 Å². The second-order valence-electron chi connectivity index (χ2n) is 6.55. The number of nitrogens with one attached hydrogen (secondary N) is 2. The van der Waals surface area contributed by atoms with Crippen LogP contribution in [0.1, 0.15) is 35.3 Å². The van der Waals surface area contributed by atoms with Crippen LogP contribution >= 0.6 is 0 Å². The van der Waals surface area contributed by atoms with Crippen molar-refractivity contribution < 1.29 is 14.3 Å². The van der Waals surface area contributed by atoms with Gasteiger partial charge in [0.25, 0.3) is 5.91 Å². The van der Waals surface area contributed by atoms with Crippen molar-refractivity contribution in [1.29, 1.82) is 0 Å². The minimum Gasteiger partial charge on any atom is -0.493 e. The maximum atomic E-state index is 12.6. The molecule has 25 heavy (non-hydrogen) atoms. The minimum atomic E-state index is -0.176. The van der Waals surface area contributed by atoms with Gasteiger partial charge in [0.05, 0.1) is 6.61 Å². The molecule has 0 saturated heterocycles. The van der Waals surface area contributed by atoms with Crippen molar-refractivity contribution in [2.75, 3.05) is 17.2 Å². The SMILES string of the molecule is Cc1ccc(NC(=O)C(C)C)cc1NC(=O)c1ccc2c(c1)CCO2. The van der Waals surface area contributed by atoms with Crippen LogP contribution in [0.5, 0.6) is 5.75 Å². The Bertz CT molecular complexity index is 828. The van der Waals surface area contributed by atoms with Crippen LogP contribution in [-0.2, 0) is 11.2 Å². The fraction of sp³-hybridized carbons (Fsp3) is 0.300. The van der Waals surface area contributed by atoms with Gasteiger partial charge in [0, 0.05) is 29.3 Å². The smallest absolute Gasteiger partial charge is 0.255 e. The van der Waals surface area contributed by atoms with E-state index in [4.69, 9.17) is 4.74 Å². The van der Waals surface area contributed by atoms with E-state index < -0.39 is 0 Å². The summed E-state index contributed by atoms with van der Waals surface area (Å²) in [5, 5.41) is 5.78. The standard InChI is InChI=1S/C20H22N2O3/c1-12(2)19(23)21-16-6-4-13(3)17(11-16)22-20(24)15-5-7-18-14(10-15)8-9-25-18/h4-7,10-12H,8-9H2,1-3H3,(H,21,23)(H,22,24). The Morgan fingerprint density at radius 3 is 2.64 bits per heavy atom. The molecule has 2 aromatic carbocycles. The Hall–Kier alpha value is -2.82. The third-order valence-electron chi connectivity index (χ3n) is 4.23. The molecule has 1 aliphatic heterocycles. The summed E-state index contributed by atoms with van der Waals surface area (Å²) in [4.78, 5) is 24.4. The number of carbonyl (C=O) groups is 2. The van der Waals surface area contributed by atoms with E-state index in [1.807, 2.05) is 45.0 Å². The molecular formula is C20H22N2O3. The Kier molecular flexibility index (Phi) is 4.74. The molecule has 0 bridgehead atoms. The molecule has 0 atom stereocenters. The highest BCUT2D eigenvalue weighted by molar-refractivity contribution is 6.05. The van der Waals surface area contributed by atoms with E-state index in [9.17, 15) is 9.59 Å². The number of aryl methyl sites for hydroxylation is 1. The number of hydrogen-bond acceptors (Lipinski definition) is 3. The summed E-state index contributed by atoms with van der Waals surface area (Å²) in [7, 11) is 0. The number of carbonyl (C=O) groups excluding carboxylic acids is 2. The molecule has 0 spiro atoms. The normalized spacial score (nSPS) is 12.5. The van der Waals surface area contributed by atoms with Gasteiger partial charge < -0.3 is 15.4 Å². The molecule has 5 nitrogen and oxygen atoms in total. The summed E-state index contributed by atoms with van der Waals surface area (Å²) in [5.74, 6) is 0.518. The van der Waals surface area contributed by atoms with E-state index in [0.717, 1.165) is 23.3 Å². The van der Waals surface area contributed by atoms with Gasteiger partial charge in [-0.2, -0.15) is 0 Å². The molecule has 130 valence electrons. The quantitative estimate of drug-likeness (QED) is 0.891. The fourth-order valence-corrected chi connectivity index (χ4v) is 2.64. The van der Waals surface area contributed by atoms with Gasteiger partial charge in [0.1, 0.15) is 5.75 Å². The predicted molar refractivity (Wildman–Crippen MR) is 98.2 cm³/mol. The Morgan fingerprint density at radius 1 is 1.08 bits per heavy atom. The Morgan fingerprint density at radius 2 is 1.88 bits per heavy atom. The van der Waals surface area contributed by atoms with Gasteiger partial charge in [-0.05, 0) is 48.4 Å². The Labute approximate surface area is 147 Å². The summed E-state index contributed by atoms with van der Waals surface area (Å²) in [6.45, 7) is 6.25. The lowest BCUT2D eigenvalue weighted by Gasteiger charge is -2.13. The summed E-state index contributed by atoms with van der Waals surface area (Å²) in [6.07, 6.45) is 0.826. The monoisotopic (exact) mass is 338 g/mol. The first kappa shape index (κ1) is 17.0. The van der Waals surface area contributed by atoms with E-state index in [0.29, 0.717) is 23.5 Å². The molecule has 2 amide bonds. The largest absolute Gasteiger partial charge is 0.493 e. The first-order chi connectivity index (χ1) is 11.9. The molecule has 1 aliphatic rings. The van der Waals surface area contributed by atoms with Crippen LogP contribution in [0, 0.1) is 12.8 Å². The van der Waals surface area contributed by atoms with Gasteiger partial charge in [0.2, 0.25) is 5.91 Å². The van der Waals surface area contributed by atoms with Crippen LogP contribution in [-0.4, -0.2) is 18.4 Å². The second kappa shape index (κ2) is 6.97. The molecule has 0 aliphatic carbocycles. The summed E-state index contributed by atoms with van der Waals surface area (Å²) in [5.41, 5.74) is 3.94. The average Bonchev–Trinajstić information content (AvgIpc) is 3.05. The van der Waals surface area contributed by atoms with Gasteiger partial charge in [-0.25, -0.2) is 0 Å². The molecule has 1 heterocycles. The summed E-state index contributed by atoms with van der Waals surface area (Å²) in [6, 6.07) is 11.0. The van der Waals surface area contributed by atoms with Crippen LogP contribution in [0.4, 0.5) is 11.4 Å². The molecule has 5 heteroatoms. The van der Waals surface area contributed by atoms with Gasteiger partial charge in [-0.3, -0.25) is 9.59 Å². The molecule has 3 rings (SSSR count). The number of anilines is 2. The summed E-state index contributed by atoms with van der Waals surface area (Å²) >= 11 is 0. The zero-order valence-electron chi connectivity index (χ0n) is 14.7. The molecule has 2 aromatic rings. The van der Waals surface area contributed by atoms with Crippen LogP contribution in [0.25, 0.3) is 0 Å². The molecule has 0 aromatic heterocycles. The van der Waals surface area contributed by atoms with Crippen molar-refractivity contribution in [3.05, 3.63) is 53.1 Å². The van der Waals surface area contributed by atoms with E-state index in [2.05, 4.69) is 10.6 Å². The van der Waals surface area contributed by atoms with Crippen molar-refractivity contribution >= 4 is 23.2 Å². The van der Waals surface area contributed by atoms with Crippen molar-refractivity contribution in [3.8, 4) is 5.75 Å². The highest BCUT2D eigenvalue weighted by atomic mass is 16.5. The third kappa shape index (κ3) is 3.82. The van der Waals surface area contributed by atoms with E-state index in [1.165, 1.54) is 0 Å². The molecular weight excluding hydrogens is 316 g/mol. The number of rotatable bonds is 4. The van der Waals surface area contributed by atoms with Crippen molar-refractivity contribution in [2.45, 2.75) is 27.2 Å². The maximum absolute atomic E-state index is 12.6. The number of hydrogen-bond donors (Lipinski definition) is 2. The first-order valence-electron chi connectivity index (χ1n) is 8.42.